The van der Waals surface area contributed by atoms with Gasteiger partial charge >= 0.3 is 5.97 Å². The van der Waals surface area contributed by atoms with E-state index in [9.17, 15) is 14.0 Å². The standard InChI is InChI=1S/C15H21FN2O3/c1-4-21-14(20)9(2)13(19)8-15(3,18)11-7-10(17)5-6-12(11)16/h5-7,9H,4,8,17-18H2,1-3H3/t9?,15-/m0/s1. The first-order chi connectivity index (χ1) is 9.69. The van der Waals surface area contributed by atoms with E-state index in [1.165, 1.54) is 32.0 Å². The monoisotopic (exact) mass is 296 g/mol. The number of anilines is 1. The zero-order valence-electron chi connectivity index (χ0n) is 12.5. The van der Waals surface area contributed by atoms with Gasteiger partial charge in [0.2, 0.25) is 0 Å². The van der Waals surface area contributed by atoms with E-state index in [1.807, 2.05) is 0 Å². The molecular weight excluding hydrogens is 275 g/mol. The average Bonchev–Trinajstić information content (AvgIpc) is 2.40. The van der Waals surface area contributed by atoms with Crippen molar-refractivity contribution in [1.82, 2.24) is 0 Å². The van der Waals surface area contributed by atoms with Crippen LogP contribution in [0.5, 0.6) is 0 Å². The number of carbonyl (C=O) groups excluding carboxylic acids is 2. The number of hydrogen-bond acceptors (Lipinski definition) is 5. The first-order valence-electron chi connectivity index (χ1n) is 6.72. The van der Waals surface area contributed by atoms with Gasteiger partial charge in [-0.3, -0.25) is 9.59 Å². The van der Waals surface area contributed by atoms with Gasteiger partial charge in [0, 0.05) is 23.2 Å². The third kappa shape index (κ3) is 4.26. The molecule has 0 spiro atoms. The Kier molecular flexibility index (Phi) is 5.43. The molecule has 0 saturated heterocycles. The molecule has 0 fully saturated rings. The summed E-state index contributed by atoms with van der Waals surface area (Å²) in [5, 5.41) is 0. The minimum Gasteiger partial charge on any atom is -0.465 e. The van der Waals surface area contributed by atoms with E-state index in [-0.39, 0.29) is 18.6 Å². The second-order valence-electron chi connectivity index (χ2n) is 5.27. The maximum atomic E-state index is 13.9. The molecule has 0 aliphatic heterocycles. The number of nitrogen functional groups attached to an aromatic ring is 1. The highest BCUT2D eigenvalue weighted by Crippen LogP contribution is 2.27. The number of esters is 1. The summed E-state index contributed by atoms with van der Waals surface area (Å²) in [6.07, 6.45) is -0.187. The summed E-state index contributed by atoms with van der Waals surface area (Å²) in [6, 6.07) is 4.02. The quantitative estimate of drug-likeness (QED) is 0.473. The molecule has 1 rings (SSSR count). The molecule has 5 nitrogen and oxygen atoms in total. The van der Waals surface area contributed by atoms with Crippen LogP contribution in [0.15, 0.2) is 18.2 Å². The fourth-order valence-electron chi connectivity index (χ4n) is 1.99. The number of rotatable bonds is 6. The number of Topliss-reactive ketones (excluding diaryl/α,β-unsaturated/α-hetero) is 1. The smallest absolute Gasteiger partial charge is 0.316 e. The number of carbonyl (C=O) groups is 2. The van der Waals surface area contributed by atoms with Crippen molar-refractivity contribution in [3.8, 4) is 0 Å². The van der Waals surface area contributed by atoms with Gasteiger partial charge in [-0.2, -0.15) is 0 Å². The first kappa shape index (κ1) is 17.1. The second-order valence-corrected chi connectivity index (χ2v) is 5.27. The predicted octanol–water partition coefficient (Wildman–Crippen LogP) is 1.74. The lowest BCUT2D eigenvalue weighted by Crippen LogP contribution is -2.39. The number of nitrogens with two attached hydrogens (primary N) is 2. The largest absolute Gasteiger partial charge is 0.465 e. The number of benzene rings is 1. The Balaban J connectivity index is 2.91. The summed E-state index contributed by atoms with van der Waals surface area (Å²) >= 11 is 0. The predicted molar refractivity (Wildman–Crippen MR) is 77.8 cm³/mol. The van der Waals surface area contributed by atoms with Crippen molar-refractivity contribution in [2.24, 2.45) is 11.7 Å². The lowest BCUT2D eigenvalue weighted by Gasteiger charge is -2.26. The Morgan fingerprint density at radius 1 is 1.43 bits per heavy atom. The van der Waals surface area contributed by atoms with Crippen LogP contribution in [0.2, 0.25) is 0 Å². The topological polar surface area (TPSA) is 95.4 Å². The van der Waals surface area contributed by atoms with Crippen molar-refractivity contribution in [3.05, 3.63) is 29.6 Å². The lowest BCUT2D eigenvalue weighted by molar-refractivity contribution is -0.151. The summed E-state index contributed by atoms with van der Waals surface area (Å²) < 4.78 is 18.7. The Bertz CT molecular complexity index is 544. The molecule has 1 unspecified atom stereocenters. The second kappa shape index (κ2) is 6.67. The summed E-state index contributed by atoms with van der Waals surface area (Å²) in [4.78, 5) is 23.7. The molecule has 0 radical (unpaired) electrons. The summed E-state index contributed by atoms with van der Waals surface area (Å²) in [6.45, 7) is 4.83. The van der Waals surface area contributed by atoms with Crippen LogP contribution in [0.3, 0.4) is 0 Å². The fourth-order valence-corrected chi connectivity index (χ4v) is 1.99. The minimum atomic E-state index is -1.25. The van der Waals surface area contributed by atoms with Crippen LogP contribution in [0, 0.1) is 11.7 Å². The van der Waals surface area contributed by atoms with E-state index in [0.29, 0.717) is 5.69 Å². The van der Waals surface area contributed by atoms with Gasteiger partial charge < -0.3 is 16.2 Å². The highest BCUT2D eigenvalue weighted by atomic mass is 19.1. The van der Waals surface area contributed by atoms with E-state index in [1.54, 1.807) is 6.92 Å². The molecule has 0 heterocycles. The maximum absolute atomic E-state index is 13.9. The summed E-state index contributed by atoms with van der Waals surface area (Å²) in [7, 11) is 0. The van der Waals surface area contributed by atoms with Crippen molar-refractivity contribution in [2.75, 3.05) is 12.3 Å². The van der Waals surface area contributed by atoms with E-state index in [2.05, 4.69) is 0 Å². The van der Waals surface area contributed by atoms with Crippen LogP contribution < -0.4 is 11.5 Å². The normalized spacial score (nSPS) is 15.1. The molecule has 116 valence electrons. The molecule has 0 amide bonds. The van der Waals surface area contributed by atoms with Gasteiger partial charge in [-0.1, -0.05) is 0 Å². The van der Waals surface area contributed by atoms with Crippen molar-refractivity contribution in [3.63, 3.8) is 0 Å². The number of ether oxygens (including phenoxy) is 1. The van der Waals surface area contributed by atoms with E-state index >= 15 is 0 Å². The van der Waals surface area contributed by atoms with Gasteiger partial charge in [0.25, 0.3) is 0 Å². The molecular formula is C15H21FN2O3. The fraction of sp³-hybridized carbons (Fsp3) is 0.467. The minimum absolute atomic E-state index is 0.145. The molecule has 0 bridgehead atoms. The van der Waals surface area contributed by atoms with Crippen LogP contribution >= 0.6 is 0 Å². The van der Waals surface area contributed by atoms with Crippen LogP contribution in [0.25, 0.3) is 0 Å². The SMILES string of the molecule is CCOC(=O)C(C)C(=O)C[C@](C)(N)c1cc(N)ccc1F. The Hall–Kier alpha value is -1.95. The van der Waals surface area contributed by atoms with Gasteiger partial charge in [-0.05, 0) is 39.0 Å². The highest BCUT2D eigenvalue weighted by Gasteiger charge is 2.32. The Morgan fingerprint density at radius 2 is 2.05 bits per heavy atom. The van der Waals surface area contributed by atoms with Crippen molar-refractivity contribution in [1.29, 1.82) is 0 Å². The third-order valence-corrected chi connectivity index (χ3v) is 3.27. The molecule has 0 aliphatic rings. The molecule has 21 heavy (non-hydrogen) atoms. The molecule has 1 aromatic carbocycles. The van der Waals surface area contributed by atoms with Crippen LogP contribution in [-0.2, 0) is 19.9 Å². The van der Waals surface area contributed by atoms with E-state index in [0.717, 1.165) is 0 Å². The Labute approximate surface area is 123 Å². The van der Waals surface area contributed by atoms with Crippen LogP contribution in [-0.4, -0.2) is 18.4 Å². The number of ketones is 1. The first-order valence-corrected chi connectivity index (χ1v) is 6.72. The zero-order chi connectivity index (χ0) is 16.2. The molecule has 2 atom stereocenters. The highest BCUT2D eigenvalue weighted by molar-refractivity contribution is 5.99. The van der Waals surface area contributed by atoms with Crippen molar-refractivity contribution in [2.45, 2.75) is 32.7 Å². The molecule has 4 N–H and O–H groups in total. The molecule has 6 heteroatoms. The summed E-state index contributed by atoms with van der Waals surface area (Å²) in [5.74, 6) is -2.48. The van der Waals surface area contributed by atoms with Crippen molar-refractivity contribution >= 4 is 17.4 Å². The summed E-state index contributed by atoms with van der Waals surface area (Å²) in [5.41, 5.74) is 10.9. The third-order valence-electron chi connectivity index (χ3n) is 3.27. The van der Waals surface area contributed by atoms with Crippen LogP contribution in [0.4, 0.5) is 10.1 Å². The zero-order valence-corrected chi connectivity index (χ0v) is 12.5. The van der Waals surface area contributed by atoms with Gasteiger partial charge in [0.15, 0.2) is 0 Å². The molecule has 0 saturated carbocycles. The van der Waals surface area contributed by atoms with Crippen LogP contribution in [0.1, 0.15) is 32.8 Å². The van der Waals surface area contributed by atoms with E-state index < -0.39 is 29.0 Å². The lowest BCUT2D eigenvalue weighted by atomic mass is 9.84. The van der Waals surface area contributed by atoms with Gasteiger partial charge in [-0.25, -0.2) is 4.39 Å². The molecule has 1 aromatic rings. The molecule has 0 aromatic heterocycles. The molecule has 0 aliphatic carbocycles. The van der Waals surface area contributed by atoms with Gasteiger partial charge in [0.1, 0.15) is 17.5 Å². The van der Waals surface area contributed by atoms with Crippen molar-refractivity contribution < 1.29 is 18.7 Å². The number of halogens is 1. The van der Waals surface area contributed by atoms with Gasteiger partial charge in [-0.15, -0.1) is 0 Å². The number of hydrogen-bond donors (Lipinski definition) is 2. The van der Waals surface area contributed by atoms with Gasteiger partial charge in [0.05, 0.1) is 6.61 Å². The van der Waals surface area contributed by atoms with E-state index in [4.69, 9.17) is 16.2 Å². The maximum Gasteiger partial charge on any atom is 0.316 e. The Morgan fingerprint density at radius 3 is 2.62 bits per heavy atom. The average molecular weight is 296 g/mol.